The lowest BCUT2D eigenvalue weighted by molar-refractivity contribution is -0.143. The minimum Gasteiger partial charge on any atom is -0.466 e. The highest BCUT2D eigenvalue weighted by molar-refractivity contribution is 5.69. The molecule has 44 heavy (non-hydrogen) atoms. The zero-order valence-corrected chi connectivity index (χ0v) is 30.2. The van der Waals surface area contributed by atoms with Gasteiger partial charge in [0, 0.05) is 6.42 Å². The number of ether oxygens (including phenoxy) is 1. The fourth-order valence-corrected chi connectivity index (χ4v) is 6.15. The Morgan fingerprint density at radius 1 is 0.500 bits per heavy atom. The predicted octanol–water partition coefficient (Wildman–Crippen LogP) is 13.7. The van der Waals surface area contributed by atoms with E-state index in [1.54, 1.807) is 0 Å². The first-order valence-corrected chi connectivity index (χ1v) is 20.2. The summed E-state index contributed by atoms with van der Waals surface area (Å²) in [6.45, 7) is 5.12. The molecule has 0 heterocycles. The van der Waals surface area contributed by atoms with Gasteiger partial charge in [0.05, 0.1) is 12.7 Å². The van der Waals surface area contributed by atoms with Crippen LogP contribution >= 0.6 is 0 Å². The van der Waals surface area contributed by atoms with Gasteiger partial charge >= 0.3 is 5.97 Å². The maximum absolute atomic E-state index is 12.0. The number of carbonyl (C=O) groups excluding carboxylic acids is 1. The van der Waals surface area contributed by atoms with Crippen molar-refractivity contribution in [2.24, 2.45) is 0 Å². The third kappa shape index (κ3) is 37.4. The number of unbranched alkanes of at least 4 members (excludes halogenated alkanes) is 28. The first-order chi connectivity index (χ1) is 21.7. The molecule has 0 aliphatic carbocycles. The van der Waals surface area contributed by atoms with E-state index < -0.39 is 0 Å². The molecule has 0 saturated heterocycles. The molecule has 3 heteroatoms. The van der Waals surface area contributed by atoms with Crippen LogP contribution in [-0.2, 0) is 9.53 Å². The fraction of sp³-hybridized carbons (Fsp3) is 0.927. The Kier molecular flexibility index (Phi) is 37.6. The first-order valence-electron chi connectivity index (χ1n) is 20.2. The van der Waals surface area contributed by atoms with Gasteiger partial charge in [-0.15, -0.1) is 0 Å². The molecule has 0 fully saturated rings. The lowest BCUT2D eigenvalue weighted by atomic mass is 10.0. The van der Waals surface area contributed by atoms with Crippen LogP contribution in [0.1, 0.15) is 232 Å². The van der Waals surface area contributed by atoms with Gasteiger partial charge in [0.15, 0.2) is 0 Å². The van der Waals surface area contributed by atoms with Crippen molar-refractivity contribution in [2.45, 2.75) is 238 Å². The molecule has 0 aliphatic rings. The molecule has 0 rings (SSSR count). The number of aliphatic hydroxyl groups excluding tert-OH is 1. The van der Waals surface area contributed by atoms with Crippen molar-refractivity contribution in [2.75, 3.05) is 6.61 Å². The van der Waals surface area contributed by atoms with E-state index in [0.29, 0.717) is 13.0 Å². The molecule has 0 aliphatic heterocycles. The van der Waals surface area contributed by atoms with Crippen molar-refractivity contribution in [3.63, 3.8) is 0 Å². The summed E-state index contributed by atoms with van der Waals surface area (Å²) in [5, 5.41) is 10.00. The van der Waals surface area contributed by atoms with Gasteiger partial charge in [-0.1, -0.05) is 199 Å². The summed E-state index contributed by atoms with van der Waals surface area (Å²) in [6.07, 6.45) is 47.5. The predicted molar refractivity (Wildman–Crippen MR) is 194 cm³/mol. The number of allylic oxidation sites excluding steroid dienone is 1. The topological polar surface area (TPSA) is 46.5 Å². The monoisotopic (exact) mass is 621 g/mol. The van der Waals surface area contributed by atoms with E-state index in [0.717, 1.165) is 44.9 Å². The molecule has 1 N–H and O–H groups in total. The fourth-order valence-electron chi connectivity index (χ4n) is 6.15. The van der Waals surface area contributed by atoms with Gasteiger partial charge in [0.1, 0.15) is 0 Å². The van der Waals surface area contributed by atoms with E-state index in [1.807, 2.05) is 0 Å². The average molecular weight is 621 g/mol. The summed E-state index contributed by atoms with van der Waals surface area (Å²) < 4.78 is 5.44. The van der Waals surface area contributed by atoms with Crippen molar-refractivity contribution < 1.29 is 14.6 Å². The number of carbonyl (C=O) groups is 1. The SMILES string of the molecule is CCCCCCCCCCCCCCCCCCCCCCC(=O)OCCCCCCCC/C=C\C[C@H](O)CCCCCC. The summed E-state index contributed by atoms with van der Waals surface area (Å²) in [5.41, 5.74) is 0. The Hall–Kier alpha value is -0.830. The molecule has 0 bridgehead atoms. The van der Waals surface area contributed by atoms with E-state index in [1.165, 1.54) is 167 Å². The summed E-state index contributed by atoms with van der Waals surface area (Å²) in [4.78, 5) is 12.0. The highest BCUT2D eigenvalue weighted by Crippen LogP contribution is 2.16. The Morgan fingerprint density at radius 3 is 1.36 bits per heavy atom. The van der Waals surface area contributed by atoms with Crippen molar-refractivity contribution in [3.05, 3.63) is 12.2 Å². The van der Waals surface area contributed by atoms with Crippen LogP contribution in [0.25, 0.3) is 0 Å². The van der Waals surface area contributed by atoms with Crippen LogP contribution in [0.15, 0.2) is 12.2 Å². The molecule has 0 radical (unpaired) electrons. The van der Waals surface area contributed by atoms with Crippen molar-refractivity contribution in [1.29, 1.82) is 0 Å². The number of hydrogen-bond acceptors (Lipinski definition) is 3. The summed E-state index contributed by atoms with van der Waals surface area (Å²) >= 11 is 0. The van der Waals surface area contributed by atoms with E-state index in [-0.39, 0.29) is 12.1 Å². The van der Waals surface area contributed by atoms with E-state index >= 15 is 0 Å². The van der Waals surface area contributed by atoms with E-state index in [2.05, 4.69) is 26.0 Å². The summed E-state index contributed by atoms with van der Waals surface area (Å²) in [5.74, 6) is 0.00488. The zero-order chi connectivity index (χ0) is 32.0. The molecule has 0 amide bonds. The number of rotatable bonds is 37. The molecule has 0 saturated carbocycles. The molecular weight excluding hydrogens is 540 g/mol. The summed E-state index contributed by atoms with van der Waals surface area (Å²) in [6, 6.07) is 0. The molecule has 0 spiro atoms. The summed E-state index contributed by atoms with van der Waals surface area (Å²) in [7, 11) is 0. The molecule has 0 aromatic carbocycles. The lowest BCUT2D eigenvalue weighted by Crippen LogP contribution is -2.05. The number of aliphatic hydroxyl groups is 1. The van der Waals surface area contributed by atoms with Gasteiger partial charge in [0.2, 0.25) is 0 Å². The first kappa shape index (κ1) is 43.2. The van der Waals surface area contributed by atoms with Crippen LogP contribution in [0.3, 0.4) is 0 Å². The number of hydrogen-bond donors (Lipinski definition) is 1. The van der Waals surface area contributed by atoms with Gasteiger partial charge in [0.25, 0.3) is 0 Å². The van der Waals surface area contributed by atoms with Crippen LogP contribution < -0.4 is 0 Å². The Morgan fingerprint density at radius 2 is 0.886 bits per heavy atom. The zero-order valence-electron chi connectivity index (χ0n) is 30.2. The molecule has 262 valence electrons. The quantitative estimate of drug-likeness (QED) is 0.0427. The molecular formula is C41H80O3. The van der Waals surface area contributed by atoms with Crippen LogP contribution in [0.4, 0.5) is 0 Å². The van der Waals surface area contributed by atoms with Crippen molar-refractivity contribution >= 4 is 5.97 Å². The van der Waals surface area contributed by atoms with Gasteiger partial charge < -0.3 is 9.84 Å². The van der Waals surface area contributed by atoms with Gasteiger partial charge in [-0.05, 0) is 38.5 Å². The molecule has 3 nitrogen and oxygen atoms in total. The maximum atomic E-state index is 12.0. The molecule has 0 aromatic rings. The van der Waals surface area contributed by atoms with Crippen LogP contribution in [0.5, 0.6) is 0 Å². The smallest absolute Gasteiger partial charge is 0.305 e. The minimum atomic E-state index is -0.157. The molecule has 1 atom stereocenters. The Labute approximate surface area is 277 Å². The van der Waals surface area contributed by atoms with Crippen LogP contribution in [0.2, 0.25) is 0 Å². The Balaban J connectivity index is 3.22. The third-order valence-electron chi connectivity index (χ3n) is 9.23. The minimum absolute atomic E-state index is 0.00488. The van der Waals surface area contributed by atoms with Gasteiger partial charge in [-0.2, -0.15) is 0 Å². The van der Waals surface area contributed by atoms with Crippen molar-refractivity contribution in [1.82, 2.24) is 0 Å². The van der Waals surface area contributed by atoms with E-state index in [9.17, 15) is 9.90 Å². The largest absolute Gasteiger partial charge is 0.466 e. The highest BCUT2D eigenvalue weighted by atomic mass is 16.5. The standard InChI is InChI=1S/C41H80O3/c1-3-5-7-9-10-11-12-13-14-15-16-17-18-19-20-21-24-27-30-34-38-41(43)44-39-35-31-28-25-22-23-26-29-33-37-40(42)36-32-8-6-4-2/h29,33,40,42H,3-28,30-32,34-39H2,1-2H3/b33-29-/t40-/m1/s1. The van der Waals surface area contributed by atoms with Gasteiger partial charge in [-0.25, -0.2) is 0 Å². The van der Waals surface area contributed by atoms with Crippen molar-refractivity contribution in [3.8, 4) is 0 Å². The lowest BCUT2D eigenvalue weighted by Gasteiger charge is -2.07. The second kappa shape index (κ2) is 38.4. The van der Waals surface area contributed by atoms with E-state index in [4.69, 9.17) is 4.74 Å². The normalized spacial score (nSPS) is 12.3. The molecule has 0 aromatic heterocycles. The Bertz CT molecular complexity index is 572. The second-order valence-corrected chi connectivity index (χ2v) is 13.8. The highest BCUT2D eigenvalue weighted by Gasteiger charge is 2.03. The third-order valence-corrected chi connectivity index (χ3v) is 9.23. The maximum Gasteiger partial charge on any atom is 0.305 e. The average Bonchev–Trinajstić information content (AvgIpc) is 3.02. The number of esters is 1. The molecule has 0 unspecified atom stereocenters. The second-order valence-electron chi connectivity index (χ2n) is 13.8. The van der Waals surface area contributed by atoms with Gasteiger partial charge in [-0.3, -0.25) is 4.79 Å². The van der Waals surface area contributed by atoms with Crippen LogP contribution in [-0.4, -0.2) is 23.8 Å². The van der Waals surface area contributed by atoms with Crippen LogP contribution in [0, 0.1) is 0 Å².